The molecule has 3 heterocycles. The van der Waals surface area contributed by atoms with E-state index in [0.29, 0.717) is 6.04 Å². The highest BCUT2D eigenvalue weighted by atomic mass is 16.3. The molecule has 1 aliphatic rings. The second-order valence-electron chi connectivity index (χ2n) is 8.37. The molecule has 5 nitrogen and oxygen atoms in total. The van der Waals surface area contributed by atoms with E-state index >= 15 is 0 Å². The molecule has 1 fully saturated rings. The van der Waals surface area contributed by atoms with Gasteiger partial charge in [0, 0.05) is 36.6 Å². The molecule has 1 atom stereocenters. The van der Waals surface area contributed by atoms with Gasteiger partial charge in [-0.2, -0.15) is 0 Å². The maximum Gasteiger partial charge on any atom is 0.150 e. The fraction of sp³-hybridized carbons (Fsp3) is 0.308. The lowest BCUT2D eigenvalue weighted by Crippen LogP contribution is -2.40. The van der Waals surface area contributed by atoms with Crippen molar-refractivity contribution in [1.29, 1.82) is 0 Å². The van der Waals surface area contributed by atoms with E-state index in [-0.39, 0.29) is 6.61 Å². The minimum Gasteiger partial charge on any atom is -0.396 e. The van der Waals surface area contributed by atoms with Crippen LogP contribution in [0.3, 0.4) is 0 Å². The Morgan fingerprint density at radius 2 is 1.81 bits per heavy atom. The predicted molar refractivity (Wildman–Crippen MR) is 126 cm³/mol. The first-order valence-corrected chi connectivity index (χ1v) is 11.1. The Bertz CT molecular complexity index is 1170. The number of aryl methyl sites for hydroxylation is 1. The van der Waals surface area contributed by atoms with Gasteiger partial charge in [0.05, 0.1) is 5.39 Å². The summed E-state index contributed by atoms with van der Waals surface area (Å²) < 4.78 is 2.17. The Morgan fingerprint density at radius 1 is 1.00 bits per heavy atom. The summed E-state index contributed by atoms with van der Waals surface area (Å²) in [6, 6.07) is 19.3. The minimum absolute atomic E-state index is 0.200. The van der Waals surface area contributed by atoms with Gasteiger partial charge in [-0.05, 0) is 50.3 Å². The van der Waals surface area contributed by atoms with Crippen LogP contribution in [0.5, 0.6) is 0 Å². The van der Waals surface area contributed by atoms with Crippen LogP contribution in [0.2, 0.25) is 0 Å². The van der Waals surface area contributed by atoms with Crippen molar-refractivity contribution in [3.05, 3.63) is 72.7 Å². The number of aliphatic hydroxyl groups excluding tert-OH is 1. The predicted octanol–water partition coefficient (Wildman–Crippen LogP) is 5.14. The molecule has 2 aromatic heterocycles. The van der Waals surface area contributed by atoms with E-state index in [2.05, 4.69) is 71.1 Å². The molecule has 0 spiro atoms. The van der Waals surface area contributed by atoms with E-state index in [1.165, 1.54) is 12.0 Å². The number of anilines is 1. The molecule has 1 unspecified atom stereocenters. The number of aliphatic hydroxyl groups is 1. The molecule has 1 N–H and O–H groups in total. The molecule has 158 valence electrons. The highest BCUT2D eigenvalue weighted by molar-refractivity contribution is 6.02. The Morgan fingerprint density at radius 3 is 2.58 bits per heavy atom. The summed E-state index contributed by atoms with van der Waals surface area (Å²) in [5.41, 5.74) is 5.54. The molecule has 1 aliphatic heterocycles. The van der Waals surface area contributed by atoms with Gasteiger partial charge in [-0.3, -0.25) is 0 Å². The first-order valence-electron chi connectivity index (χ1n) is 11.1. The van der Waals surface area contributed by atoms with Crippen LogP contribution in [0.4, 0.5) is 5.82 Å². The number of nitrogens with zero attached hydrogens (tertiary/aromatic N) is 4. The van der Waals surface area contributed by atoms with Crippen molar-refractivity contribution < 1.29 is 5.11 Å². The second kappa shape index (κ2) is 8.52. The number of piperidine rings is 1. The normalized spacial score (nSPS) is 16.7. The number of benzene rings is 2. The van der Waals surface area contributed by atoms with Crippen molar-refractivity contribution in [1.82, 2.24) is 14.5 Å². The Labute approximate surface area is 183 Å². The molecule has 0 radical (unpaired) electrons. The molecule has 31 heavy (non-hydrogen) atoms. The molecule has 0 amide bonds. The molecule has 0 aliphatic carbocycles. The number of hydrogen-bond donors (Lipinski definition) is 1. The van der Waals surface area contributed by atoms with E-state index in [9.17, 15) is 5.11 Å². The largest absolute Gasteiger partial charge is 0.396 e. The lowest BCUT2D eigenvalue weighted by molar-refractivity contribution is 0.262. The zero-order chi connectivity index (χ0) is 21.2. The van der Waals surface area contributed by atoms with Crippen LogP contribution in [0.15, 0.2) is 67.1 Å². The van der Waals surface area contributed by atoms with Crippen LogP contribution in [0, 0.1) is 6.92 Å². The van der Waals surface area contributed by atoms with Crippen molar-refractivity contribution >= 4 is 16.9 Å². The summed E-state index contributed by atoms with van der Waals surface area (Å²) in [5, 5.41) is 10.7. The first-order chi connectivity index (χ1) is 15.3. The van der Waals surface area contributed by atoms with Crippen LogP contribution in [-0.4, -0.2) is 38.8 Å². The van der Waals surface area contributed by atoms with Gasteiger partial charge in [-0.1, -0.05) is 48.0 Å². The third-order valence-corrected chi connectivity index (χ3v) is 6.32. The third kappa shape index (κ3) is 3.70. The van der Waals surface area contributed by atoms with Gasteiger partial charge in [-0.25, -0.2) is 9.97 Å². The quantitative estimate of drug-likeness (QED) is 0.493. The van der Waals surface area contributed by atoms with Crippen molar-refractivity contribution in [2.24, 2.45) is 0 Å². The van der Waals surface area contributed by atoms with Gasteiger partial charge in [-0.15, -0.1) is 0 Å². The summed E-state index contributed by atoms with van der Waals surface area (Å²) in [4.78, 5) is 11.9. The van der Waals surface area contributed by atoms with Gasteiger partial charge in [0.15, 0.2) is 5.65 Å². The van der Waals surface area contributed by atoms with E-state index < -0.39 is 0 Å². The number of aromatic nitrogens is 3. The monoisotopic (exact) mass is 412 g/mol. The van der Waals surface area contributed by atoms with E-state index in [4.69, 9.17) is 9.97 Å². The van der Waals surface area contributed by atoms with Gasteiger partial charge >= 0.3 is 0 Å². The summed E-state index contributed by atoms with van der Waals surface area (Å²) in [7, 11) is 0. The Kier molecular flexibility index (Phi) is 5.43. The molecular weight excluding hydrogens is 384 g/mol. The van der Waals surface area contributed by atoms with E-state index in [1.54, 1.807) is 6.33 Å². The highest BCUT2D eigenvalue weighted by Crippen LogP contribution is 2.38. The topological polar surface area (TPSA) is 54.2 Å². The molecule has 5 rings (SSSR count). The summed E-state index contributed by atoms with van der Waals surface area (Å²) in [6.45, 7) is 3.26. The molecule has 5 heteroatoms. The fourth-order valence-corrected chi connectivity index (χ4v) is 4.73. The molecule has 0 saturated carbocycles. The summed E-state index contributed by atoms with van der Waals surface area (Å²) in [5.74, 6) is 0.980. The lowest BCUT2D eigenvalue weighted by atomic mass is 9.98. The third-order valence-electron chi connectivity index (χ3n) is 6.32. The molecule has 2 aromatic carbocycles. The number of rotatable bonds is 5. The van der Waals surface area contributed by atoms with Crippen LogP contribution >= 0.6 is 0 Å². The minimum atomic E-state index is 0.200. The zero-order valence-electron chi connectivity index (χ0n) is 17.9. The fourth-order valence-electron chi connectivity index (χ4n) is 4.73. The smallest absolute Gasteiger partial charge is 0.150 e. The van der Waals surface area contributed by atoms with E-state index in [0.717, 1.165) is 59.5 Å². The SMILES string of the molecule is Cc1ccc(-n2cc(-c3ccccc3)c3c(N4CCCCC4CCO)ncnc32)cc1. The van der Waals surface area contributed by atoms with Crippen molar-refractivity contribution in [2.75, 3.05) is 18.1 Å². The van der Waals surface area contributed by atoms with Crippen LogP contribution in [0.25, 0.3) is 27.8 Å². The molecule has 4 aromatic rings. The Balaban J connectivity index is 1.75. The van der Waals surface area contributed by atoms with Gasteiger partial charge in [0.25, 0.3) is 0 Å². The van der Waals surface area contributed by atoms with Crippen molar-refractivity contribution in [3.63, 3.8) is 0 Å². The number of hydrogen-bond acceptors (Lipinski definition) is 4. The average molecular weight is 413 g/mol. The highest BCUT2D eigenvalue weighted by Gasteiger charge is 2.27. The van der Waals surface area contributed by atoms with Crippen LogP contribution < -0.4 is 4.90 Å². The number of fused-ring (bicyclic) bond motifs is 1. The van der Waals surface area contributed by atoms with Crippen molar-refractivity contribution in [2.45, 2.75) is 38.6 Å². The maximum atomic E-state index is 9.64. The standard InChI is InChI=1S/C26H28N4O/c1-19-10-12-22(13-11-19)30-17-23(20-7-3-2-4-8-20)24-25(27-18-28-26(24)30)29-15-6-5-9-21(29)14-16-31/h2-4,7-8,10-13,17-18,21,31H,5-6,9,14-16H2,1H3. The zero-order valence-corrected chi connectivity index (χ0v) is 17.9. The van der Waals surface area contributed by atoms with Crippen LogP contribution in [0.1, 0.15) is 31.2 Å². The molecule has 1 saturated heterocycles. The van der Waals surface area contributed by atoms with Gasteiger partial charge in [0.1, 0.15) is 12.1 Å². The molecule has 0 bridgehead atoms. The lowest BCUT2D eigenvalue weighted by Gasteiger charge is -2.37. The second-order valence-corrected chi connectivity index (χ2v) is 8.37. The van der Waals surface area contributed by atoms with Gasteiger partial charge < -0.3 is 14.6 Å². The Hall–Kier alpha value is -3.18. The maximum absolute atomic E-state index is 9.64. The van der Waals surface area contributed by atoms with Crippen molar-refractivity contribution in [3.8, 4) is 16.8 Å². The first kappa shape index (κ1) is 19.8. The summed E-state index contributed by atoms with van der Waals surface area (Å²) >= 11 is 0. The van der Waals surface area contributed by atoms with Gasteiger partial charge in [0.2, 0.25) is 0 Å². The van der Waals surface area contributed by atoms with Crippen LogP contribution in [-0.2, 0) is 0 Å². The molecular formula is C26H28N4O. The summed E-state index contributed by atoms with van der Waals surface area (Å²) in [6.07, 6.45) is 8.07. The average Bonchev–Trinajstić information content (AvgIpc) is 3.21. The van der Waals surface area contributed by atoms with E-state index in [1.807, 2.05) is 6.07 Å².